The van der Waals surface area contributed by atoms with Gasteiger partial charge in [-0.1, -0.05) is 0 Å². The second kappa shape index (κ2) is 5.44. The molecule has 3 rings (SSSR count). The van der Waals surface area contributed by atoms with Gasteiger partial charge in [0.2, 0.25) is 0 Å². The van der Waals surface area contributed by atoms with Crippen LogP contribution in [0.2, 0.25) is 0 Å². The quantitative estimate of drug-likeness (QED) is 0.695. The van der Waals surface area contributed by atoms with Crippen LogP contribution in [0.1, 0.15) is 10.5 Å². The average molecular weight is 301 g/mol. The predicted molar refractivity (Wildman–Crippen MR) is 76.3 cm³/mol. The van der Waals surface area contributed by atoms with E-state index >= 15 is 0 Å². The molecule has 22 heavy (non-hydrogen) atoms. The third-order valence-corrected chi connectivity index (χ3v) is 3.20. The zero-order chi connectivity index (χ0) is 15.7. The lowest BCUT2D eigenvalue weighted by Crippen LogP contribution is -2.03. The van der Waals surface area contributed by atoms with Gasteiger partial charge < -0.3 is 9.47 Å². The molecule has 1 aromatic carbocycles. The molecule has 0 unspecified atom stereocenters. The summed E-state index contributed by atoms with van der Waals surface area (Å²) in [6, 6.07) is 7.71. The van der Waals surface area contributed by atoms with Crippen molar-refractivity contribution in [1.82, 2.24) is 14.6 Å². The third kappa shape index (κ3) is 2.26. The molecule has 6 nitrogen and oxygen atoms in total. The number of aromatic nitrogens is 3. The number of hydrogen-bond donors (Lipinski definition) is 0. The number of carbonyl (C=O) groups excluding carboxylic acids is 1. The minimum absolute atomic E-state index is 0.128. The number of benzene rings is 1. The monoisotopic (exact) mass is 301 g/mol. The summed E-state index contributed by atoms with van der Waals surface area (Å²) in [5.74, 6) is -0.872. The molecule has 0 spiro atoms. The molecule has 112 valence electrons. The molecule has 0 aliphatic carbocycles. The van der Waals surface area contributed by atoms with Gasteiger partial charge in [0.15, 0.2) is 22.9 Å². The van der Waals surface area contributed by atoms with Crippen molar-refractivity contribution in [1.29, 1.82) is 0 Å². The summed E-state index contributed by atoms with van der Waals surface area (Å²) >= 11 is 0. The molecule has 2 heterocycles. The van der Waals surface area contributed by atoms with Crippen molar-refractivity contribution in [3.8, 4) is 17.0 Å². The van der Waals surface area contributed by atoms with Gasteiger partial charge in [-0.3, -0.25) is 0 Å². The van der Waals surface area contributed by atoms with Gasteiger partial charge in [0, 0.05) is 17.8 Å². The molecule has 2 aromatic heterocycles. The number of ether oxygens (including phenoxy) is 2. The number of esters is 1. The van der Waals surface area contributed by atoms with Crippen LogP contribution < -0.4 is 4.74 Å². The fourth-order valence-corrected chi connectivity index (χ4v) is 2.14. The molecule has 0 aliphatic rings. The van der Waals surface area contributed by atoms with E-state index in [9.17, 15) is 9.18 Å². The number of rotatable bonds is 3. The summed E-state index contributed by atoms with van der Waals surface area (Å²) in [5, 5.41) is 4.18. The lowest BCUT2D eigenvalue weighted by molar-refractivity contribution is 0.0593. The Morgan fingerprint density at radius 3 is 2.77 bits per heavy atom. The molecular weight excluding hydrogens is 289 g/mol. The largest absolute Gasteiger partial charge is 0.494 e. The average Bonchev–Trinajstić information content (AvgIpc) is 2.98. The first kappa shape index (κ1) is 14.0. The molecule has 0 atom stereocenters. The van der Waals surface area contributed by atoms with Crippen molar-refractivity contribution in [2.45, 2.75) is 0 Å². The van der Waals surface area contributed by atoms with Gasteiger partial charge in [-0.2, -0.15) is 5.10 Å². The van der Waals surface area contributed by atoms with E-state index in [-0.39, 0.29) is 11.4 Å². The first-order chi connectivity index (χ1) is 10.6. The van der Waals surface area contributed by atoms with Crippen LogP contribution in [0.5, 0.6) is 5.75 Å². The van der Waals surface area contributed by atoms with Crippen LogP contribution in [0.25, 0.3) is 16.9 Å². The van der Waals surface area contributed by atoms with Gasteiger partial charge in [0.25, 0.3) is 0 Å². The molecule has 0 fully saturated rings. The highest BCUT2D eigenvalue weighted by Crippen LogP contribution is 2.26. The fourth-order valence-electron chi connectivity index (χ4n) is 2.14. The number of fused-ring (bicyclic) bond motifs is 1. The number of nitrogens with zero attached hydrogens (tertiary/aromatic N) is 3. The maximum absolute atomic E-state index is 13.5. The van der Waals surface area contributed by atoms with Gasteiger partial charge in [0.1, 0.15) is 0 Å². The van der Waals surface area contributed by atoms with Crippen LogP contribution in [0, 0.1) is 5.82 Å². The zero-order valence-electron chi connectivity index (χ0n) is 11.9. The lowest BCUT2D eigenvalue weighted by Gasteiger charge is -2.07. The summed E-state index contributed by atoms with van der Waals surface area (Å²) in [4.78, 5) is 15.7. The first-order valence-electron chi connectivity index (χ1n) is 6.41. The Labute approximate surface area is 125 Å². The summed E-state index contributed by atoms with van der Waals surface area (Å²) in [5.41, 5.74) is 1.97. The zero-order valence-corrected chi connectivity index (χ0v) is 11.9. The molecule has 0 aliphatic heterocycles. The lowest BCUT2D eigenvalue weighted by atomic mass is 10.1. The van der Waals surface area contributed by atoms with Crippen LogP contribution in [0.15, 0.2) is 36.5 Å². The van der Waals surface area contributed by atoms with Gasteiger partial charge in [-0.15, -0.1) is 0 Å². The van der Waals surface area contributed by atoms with Crippen LogP contribution >= 0.6 is 0 Å². The second-order valence-corrected chi connectivity index (χ2v) is 4.47. The van der Waals surface area contributed by atoms with Crippen molar-refractivity contribution < 1.29 is 18.7 Å². The minimum Gasteiger partial charge on any atom is -0.494 e. The van der Waals surface area contributed by atoms with Crippen LogP contribution in [0.4, 0.5) is 4.39 Å². The van der Waals surface area contributed by atoms with Crippen LogP contribution in [-0.2, 0) is 4.74 Å². The van der Waals surface area contributed by atoms with Crippen molar-refractivity contribution in [3.05, 3.63) is 48.0 Å². The Kier molecular flexibility index (Phi) is 3.46. The van der Waals surface area contributed by atoms with Gasteiger partial charge in [-0.25, -0.2) is 18.7 Å². The van der Waals surface area contributed by atoms with Crippen molar-refractivity contribution in [3.63, 3.8) is 0 Å². The molecule has 7 heteroatoms. The third-order valence-electron chi connectivity index (χ3n) is 3.20. The Hall–Kier alpha value is -2.96. The Morgan fingerprint density at radius 2 is 2.05 bits per heavy atom. The standard InChI is InChI=1S/C15H12FN3O3/c1-21-13-7-9(3-4-10(13)16)12-5-6-17-14-8-11(15(20)22-2)18-19(12)14/h3-8H,1-2H3. The first-order valence-corrected chi connectivity index (χ1v) is 6.41. The number of methoxy groups -OCH3 is 2. The van der Waals surface area contributed by atoms with Gasteiger partial charge in [-0.05, 0) is 24.3 Å². The molecule has 0 saturated carbocycles. The normalized spacial score (nSPS) is 10.7. The smallest absolute Gasteiger partial charge is 0.358 e. The summed E-state index contributed by atoms with van der Waals surface area (Å²) in [6.07, 6.45) is 1.59. The summed E-state index contributed by atoms with van der Waals surface area (Å²) in [6.45, 7) is 0. The highest BCUT2D eigenvalue weighted by molar-refractivity contribution is 5.88. The van der Waals surface area contributed by atoms with E-state index in [4.69, 9.17) is 4.74 Å². The van der Waals surface area contributed by atoms with E-state index in [1.54, 1.807) is 24.4 Å². The van der Waals surface area contributed by atoms with E-state index in [1.807, 2.05) is 0 Å². The predicted octanol–water partition coefficient (Wildman–Crippen LogP) is 2.33. The highest BCUT2D eigenvalue weighted by atomic mass is 19.1. The van der Waals surface area contributed by atoms with E-state index in [1.165, 1.54) is 30.9 Å². The number of halogens is 1. The van der Waals surface area contributed by atoms with E-state index in [2.05, 4.69) is 14.8 Å². The second-order valence-electron chi connectivity index (χ2n) is 4.47. The summed E-state index contributed by atoms with van der Waals surface area (Å²) < 4.78 is 24.7. The summed E-state index contributed by atoms with van der Waals surface area (Å²) in [7, 11) is 2.68. The molecule has 0 radical (unpaired) electrons. The maximum atomic E-state index is 13.5. The van der Waals surface area contributed by atoms with E-state index < -0.39 is 11.8 Å². The molecule has 3 aromatic rings. The SMILES string of the molecule is COC(=O)c1cc2nccc(-c3ccc(F)c(OC)c3)n2n1. The van der Waals surface area contributed by atoms with Gasteiger partial charge >= 0.3 is 5.97 Å². The Balaban J connectivity index is 2.18. The topological polar surface area (TPSA) is 65.7 Å². The van der Waals surface area contributed by atoms with Crippen molar-refractivity contribution in [2.75, 3.05) is 14.2 Å². The Bertz CT molecular complexity index is 860. The Morgan fingerprint density at radius 1 is 1.23 bits per heavy atom. The van der Waals surface area contributed by atoms with Crippen LogP contribution in [-0.4, -0.2) is 34.8 Å². The highest BCUT2D eigenvalue weighted by Gasteiger charge is 2.15. The molecule has 0 saturated heterocycles. The van der Waals surface area contributed by atoms with Crippen molar-refractivity contribution >= 4 is 11.6 Å². The molecule has 0 N–H and O–H groups in total. The fraction of sp³-hybridized carbons (Fsp3) is 0.133. The van der Waals surface area contributed by atoms with E-state index in [0.717, 1.165) is 0 Å². The molecule has 0 bridgehead atoms. The number of hydrogen-bond acceptors (Lipinski definition) is 5. The van der Waals surface area contributed by atoms with Crippen molar-refractivity contribution in [2.24, 2.45) is 0 Å². The van der Waals surface area contributed by atoms with E-state index in [0.29, 0.717) is 16.9 Å². The molecule has 0 amide bonds. The maximum Gasteiger partial charge on any atom is 0.358 e. The number of carbonyl (C=O) groups is 1. The minimum atomic E-state index is -0.548. The van der Waals surface area contributed by atoms with Crippen LogP contribution in [0.3, 0.4) is 0 Å². The molecular formula is C15H12FN3O3. The van der Waals surface area contributed by atoms with Gasteiger partial charge in [0.05, 0.1) is 19.9 Å².